The fourth-order valence-corrected chi connectivity index (χ4v) is 4.20. The van der Waals surface area contributed by atoms with E-state index >= 15 is 0 Å². The maximum atomic E-state index is 14.3. The average Bonchev–Trinajstić information content (AvgIpc) is 2.86. The molecular weight excluding hydrogens is 294 g/mol. The third-order valence-corrected chi connectivity index (χ3v) is 5.17. The van der Waals surface area contributed by atoms with Crippen molar-refractivity contribution in [3.8, 4) is 5.75 Å². The topological polar surface area (TPSA) is 9.23 Å². The average molecular weight is 317 g/mol. The fraction of sp³-hybridized carbons (Fsp3) is 0.647. The normalized spacial score (nSPS) is 19.0. The Bertz CT molecular complexity index is 473. The van der Waals surface area contributed by atoms with Gasteiger partial charge in [0.25, 0.3) is 0 Å². The number of hydrogen-bond donors (Lipinski definition) is 0. The number of ether oxygens (including phenoxy) is 1. The van der Waals surface area contributed by atoms with Crippen LogP contribution in [-0.4, -0.2) is 7.11 Å². The van der Waals surface area contributed by atoms with Crippen LogP contribution in [0, 0.1) is 23.0 Å². The van der Waals surface area contributed by atoms with E-state index in [1.807, 2.05) is 0 Å². The molecule has 1 nitrogen and oxygen atoms in total. The van der Waals surface area contributed by atoms with Gasteiger partial charge in [-0.1, -0.05) is 26.7 Å². The van der Waals surface area contributed by atoms with Gasteiger partial charge in [-0.15, -0.1) is 11.6 Å². The van der Waals surface area contributed by atoms with Gasteiger partial charge in [0.05, 0.1) is 12.5 Å². The van der Waals surface area contributed by atoms with Crippen molar-refractivity contribution in [1.82, 2.24) is 0 Å². The minimum absolute atomic E-state index is 0.0000154. The molecule has 0 radical (unpaired) electrons. The molecule has 1 aliphatic rings. The van der Waals surface area contributed by atoms with E-state index in [2.05, 4.69) is 13.8 Å². The Morgan fingerprint density at radius 3 is 2.14 bits per heavy atom. The minimum Gasteiger partial charge on any atom is -0.497 e. The summed E-state index contributed by atoms with van der Waals surface area (Å²) in [5, 5.41) is -0.631. The summed E-state index contributed by atoms with van der Waals surface area (Å²) in [6, 6.07) is 2.43. The molecule has 21 heavy (non-hydrogen) atoms. The molecule has 1 aliphatic carbocycles. The highest BCUT2D eigenvalue weighted by Gasteiger charge is 2.43. The number of alkyl halides is 1. The predicted molar refractivity (Wildman–Crippen MR) is 81.9 cm³/mol. The third kappa shape index (κ3) is 3.33. The zero-order valence-corrected chi connectivity index (χ0v) is 13.6. The zero-order valence-electron chi connectivity index (χ0n) is 12.9. The van der Waals surface area contributed by atoms with E-state index in [0.29, 0.717) is 5.92 Å². The first-order valence-corrected chi connectivity index (χ1v) is 8.00. The number of hydrogen-bond acceptors (Lipinski definition) is 1. The van der Waals surface area contributed by atoms with Crippen molar-refractivity contribution >= 4 is 11.6 Å². The number of halogens is 3. The highest BCUT2D eigenvalue weighted by atomic mass is 35.5. The Labute approximate surface area is 130 Å². The van der Waals surface area contributed by atoms with Gasteiger partial charge in [0.1, 0.15) is 17.4 Å². The molecule has 0 N–H and O–H groups in total. The second kappa shape index (κ2) is 6.51. The molecule has 4 heteroatoms. The van der Waals surface area contributed by atoms with Crippen LogP contribution in [0.25, 0.3) is 0 Å². The van der Waals surface area contributed by atoms with Gasteiger partial charge >= 0.3 is 0 Å². The summed E-state index contributed by atoms with van der Waals surface area (Å²) < 4.78 is 33.5. The summed E-state index contributed by atoms with van der Waals surface area (Å²) >= 11 is 6.60. The molecule has 1 aromatic rings. The van der Waals surface area contributed by atoms with Crippen LogP contribution >= 0.6 is 11.6 Å². The second-order valence-corrected chi connectivity index (χ2v) is 6.97. The van der Waals surface area contributed by atoms with Gasteiger partial charge in [-0.2, -0.15) is 0 Å². The molecule has 1 unspecified atom stereocenters. The van der Waals surface area contributed by atoms with Crippen molar-refractivity contribution in [2.45, 2.75) is 51.3 Å². The van der Waals surface area contributed by atoms with Crippen molar-refractivity contribution < 1.29 is 13.5 Å². The maximum Gasteiger partial charge on any atom is 0.134 e. The third-order valence-electron chi connectivity index (χ3n) is 4.49. The highest BCUT2D eigenvalue weighted by molar-refractivity contribution is 6.21. The summed E-state index contributed by atoms with van der Waals surface area (Å²) in [5.41, 5.74) is -0.202. The van der Waals surface area contributed by atoms with Crippen LogP contribution in [0.15, 0.2) is 12.1 Å². The molecular formula is C17H23ClF2O. The quantitative estimate of drug-likeness (QED) is 0.618. The lowest BCUT2D eigenvalue weighted by Gasteiger charge is -2.36. The maximum absolute atomic E-state index is 14.3. The Hall–Kier alpha value is -0.830. The largest absolute Gasteiger partial charge is 0.497 e. The first-order chi connectivity index (χ1) is 9.89. The van der Waals surface area contributed by atoms with Gasteiger partial charge in [-0.3, -0.25) is 0 Å². The van der Waals surface area contributed by atoms with Crippen molar-refractivity contribution in [3.05, 3.63) is 29.3 Å². The van der Waals surface area contributed by atoms with E-state index in [-0.39, 0.29) is 16.7 Å². The van der Waals surface area contributed by atoms with E-state index < -0.39 is 17.0 Å². The first kappa shape index (κ1) is 16.5. The van der Waals surface area contributed by atoms with Crippen molar-refractivity contribution in [3.63, 3.8) is 0 Å². The lowest BCUT2D eigenvalue weighted by atomic mass is 9.73. The van der Waals surface area contributed by atoms with Gasteiger partial charge in [-0.25, -0.2) is 8.78 Å². The molecule has 0 amide bonds. The first-order valence-electron chi connectivity index (χ1n) is 7.56. The molecule has 1 fully saturated rings. The van der Waals surface area contributed by atoms with Crippen molar-refractivity contribution in [2.75, 3.05) is 7.11 Å². The Morgan fingerprint density at radius 1 is 1.19 bits per heavy atom. The molecule has 0 aromatic heterocycles. The Balaban J connectivity index is 2.39. The number of rotatable bonds is 5. The molecule has 0 spiro atoms. The van der Waals surface area contributed by atoms with Crippen LogP contribution in [0.5, 0.6) is 5.75 Å². The molecule has 0 heterocycles. The number of methoxy groups -OCH3 is 1. The van der Waals surface area contributed by atoms with Gasteiger partial charge in [0, 0.05) is 17.7 Å². The summed E-state index contributed by atoms with van der Waals surface area (Å²) in [4.78, 5) is 0. The molecule has 118 valence electrons. The number of benzene rings is 1. The Kier molecular flexibility index (Phi) is 5.13. The zero-order chi connectivity index (χ0) is 15.6. The van der Waals surface area contributed by atoms with Crippen LogP contribution in [0.2, 0.25) is 0 Å². The van der Waals surface area contributed by atoms with E-state index in [1.54, 1.807) is 0 Å². The monoisotopic (exact) mass is 316 g/mol. The van der Waals surface area contributed by atoms with E-state index in [4.69, 9.17) is 16.3 Å². The van der Waals surface area contributed by atoms with Crippen LogP contribution in [0.4, 0.5) is 8.78 Å². The summed E-state index contributed by atoms with van der Waals surface area (Å²) in [5.74, 6) is -0.584. The molecule has 0 aliphatic heterocycles. The summed E-state index contributed by atoms with van der Waals surface area (Å²) in [7, 11) is 1.39. The lowest BCUT2D eigenvalue weighted by molar-refractivity contribution is 0.217. The molecule has 0 bridgehead atoms. The molecule has 2 rings (SSSR count). The molecule has 1 saturated carbocycles. The van der Waals surface area contributed by atoms with Gasteiger partial charge in [0.15, 0.2) is 0 Å². The van der Waals surface area contributed by atoms with Gasteiger partial charge < -0.3 is 4.74 Å². The minimum atomic E-state index is -0.631. The van der Waals surface area contributed by atoms with Crippen LogP contribution in [-0.2, 0) is 0 Å². The SMILES string of the molecule is COc1cc(F)c(C(Cl)C2(CC(C)C)CCCC2)c(F)c1. The van der Waals surface area contributed by atoms with Crippen LogP contribution in [0.3, 0.4) is 0 Å². The predicted octanol–water partition coefficient (Wildman–Crippen LogP) is 5.86. The summed E-state index contributed by atoms with van der Waals surface area (Å²) in [6.07, 6.45) is 4.92. The second-order valence-electron chi connectivity index (χ2n) is 6.53. The lowest BCUT2D eigenvalue weighted by Crippen LogP contribution is -2.26. The molecule has 0 saturated heterocycles. The van der Waals surface area contributed by atoms with Crippen LogP contribution in [0.1, 0.15) is 56.9 Å². The van der Waals surface area contributed by atoms with Crippen LogP contribution < -0.4 is 4.74 Å². The van der Waals surface area contributed by atoms with E-state index in [9.17, 15) is 8.78 Å². The van der Waals surface area contributed by atoms with Crippen molar-refractivity contribution in [1.29, 1.82) is 0 Å². The van der Waals surface area contributed by atoms with Crippen molar-refractivity contribution in [2.24, 2.45) is 11.3 Å². The molecule has 1 aromatic carbocycles. The van der Waals surface area contributed by atoms with Gasteiger partial charge in [0.2, 0.25) is 0 Å². The smallest absolute Gasteiger partial charge is 0.134 e. The summed E-state index contributed by atoms with van der Waals surface area (Å²) in [6.45, 7) is 4.26. The van der Waals surface area contributed by atoms with E-state index in [0.717, 1.165) is 32.1 Å². The fourth-order valence-electron chi connectivity index (χ4n) is 3.68. The standard InChI is InChI=1S/C17H23ClF2O/c1-11(2)10-17(6-4-5-7-17)16(18)15-13(19)8-12(21-3)9-14(15)20/h8-9,11,16H,4-7,10H2,1-3H3. The van der Waals surface area contributed by atoms with Gasteiger partial charge in [-0.05, 0) is 30.6 Å². The highest BCUT2D eigenvalue weighted by Crippen LogP contribution is 2.55. The van der Waals surface area contributed by atoms with E-state index in [1.165, 1.54) is 19.2 Å². The Morgan fingerprint density at radius 2 is 1.71 bits per heavy atom. The molecule has 1 atom stereocenters.